The van der Waals surface area contributed by atoms with Crippen LogP contribution in [0.1, 0.15) is 5.56 Å². The highest BCUT2D eigenvalue weighted by molar-refractivity contribution is 5.75. The van der Waals surface area contributed by atoms with Gasteiger partial charge in [-0.2, -0.15) is 0 Å². The maximum atomic E-state index is 5.48. The summed E-state index contributed by atoms with van der Waals surface area (Å²) >= 11 is 0. The van der Waals surface area contributed by atoms with E-state index in [1.54, 1.807) is 13.4 Å². The van der Waals surface area contributed by atoms with E-state index in [0.717, 1.165) is 60.5 Å². The van der Waals surface area contributed by atoms with Gasteiger partial charge < -0.3 is 25.0 Å². The van der Waals surface area contributed by atoms with Gasteiger partial charge in [-0.25, -0.2) is 9.97 Å². The number of anilines is 5. The quantitative estimate of drug-likeness (QED) is 0.655. The highest BCUT2D eigenvalue weighted by Crippen LogP contribution is 2.31. The van der Waals surface area contributed by atoms with Crippen molar-refractivity contribution in [3.8, 4) is 5.75 Å². The van der Waals surface area contributed by atoms with Gasteiger partial charge in [0.05, 0.1) is 37.4 Å². The van der Waals surface area contributed by atoms with Crippen LogP contribution in [-0.2, 0) is 4.74 Å². The van der Waals surface area contributed by atoms with E-state index in [-0.39, 0.29) is 0 Å². The molecular weight excluding hydrogens is 366 g/mol. The summed E-state index contributed by atoms with van der Waals surface area (Å²) in [6.07, 6.45) is 1.55. The van der Waals surface area contributed by atoms with Gasteiger partial charge in [-0.05, 0) is 36.8 Å². The molecule has 7 nitrogen and oxygen atoms in total. The summed E-state index contributed by atoms with van der Waals surface area (Å²) in [5.41, 5.74) is 4.16. The van der Waals surface area contributed by atoms with Crippen molar-refractivity contribution >= 4 is 28.7 Å². The minimum atomic E-state index is 0.690. The summed E-state index contributed by atoms with van der Waals surface area (Å²) in [5, 5.41) is 6.76. The molecule has 3 aromatic rings. The molecule has 0 saturated carbocycles. The van der Waals surface area contributed by atoms with Gasteiger partial charge in [0.1, 0.15) is 23.7 Å². The molecule has 0 amide bonds. The van der Waals surface area contributed by atoms with Crippen molar-refractivity contribution < 1.29 is 9.47 Å². The second-order valence-electron chi connectivity index (χ2n) is 6.86. The smallest absolute Gasteiger partial charge is 0.142 e. The number of morpholine rings is 1. The van der Waals surface area contributed by atoms with Crippen LogP contribution >= 0.6 is 0 Å². The van der Waals surface area contributed by atoms with E-state index in [4.69, 9.17) is 9.47 Å². The average Bonchev–Trinajstić information content (AvgIpc) is 2.75. The summed E-state index contributed by atoms with van der Waals surface area (Å²) in [7, 11) is 1.66. The largest absolute Gasteiger partial charge is 0.495 e. The number of rotatable bonds is 6. The molecule has 0 radical (unpaired) electrons. The first-order valence-electron chi connectivity index (χ1n) is 9.65. The number of hydrogen-bond donors (Lipinski definition) is 2. The third kappa shape index (κ3) is 4.57. The molecule has 1 saturated heterocycles. The molecule has 0 atom stereocenters. The van der Waals surface area contributed by atoms with Crippen molar-refractivity contribution in [1.29, 1.82) is 0 Å². The number of methoxy groups -OCH3 is 1. The van der Waals surface area contributed by atoms with Crippen LogP contribution in [0.5, 0.6) is 5.75 Å². The second-order valence-corrected chi connectivity index (χ2v) is 6.86. The fraction of sp³-hybridized carbons (Fsp3) is 0.273. The number of benzene rings is 2. The predicted molar refractivity (Wildman–Crippen MR) is 116 cm³/mol. The third-order valence-electron chi connectivity index (χ3n) is 4.80. The van der Waals surface area contributed by atoms with Gasteiger partial charge in [0, 0.05) is 19.2 Å². The molecule has 0 spiro atoms. The number of hydrogen-bond acceptors (Lipinski definition) is 7. The zero-order chi connectivity index (χ0) is 20.1. The number of aromatic nitrogens is 2. The van der Waals surface area contributed by atoms with E-state index in [9.17, 15) is 0 Å². The van der Waals surface area contributed by atoms with E-state index in [1.807, 2.05) is 43.3 Å². The maximum absolute atomic E-state index is 5.48. The van der Waals surface area contributed by atoms with Gasteiger partial charge in [0.25, 0.3) is 0 Å². The topological polar surface area (TPSA) is 71.5 Å². The van der Waals surface area contributed by atoms with Crippen molar-refractivity contribution in [1.82, 2.24) is 9.97 Å². The molecule has 0 aliphatic carbocycles. The van der Waals surface area contributed by atoms with Crippen LogP contribution in [-0.4, -0.2) is 43.4 Å². The van der Waals surface area contributed by atoms with Crippen molar-refractivity contribution in [2.24, 2.45) is 0 Å². The van der Waals surface area contributed by atoms with Crippen molar-refractivity contribution in [3.05, 3.63) is 60.4 Å². The molecule has 1 aliphatic heterocycles. The Kier molecular flexibility index (Phi) is 5.76. The van der Waals surface area contributed by atoms with Crippen LogP contribution in [0.3, 0.4) is 0 Å². The number of para-hydroxylation sites is 2. The molecule has 1 aromatic heterocycles. The van der Waals surface area contributed by atoms with E-state index < -0.39 is 0 Å². The Morgan fingerprint density at radius 1 is 0.931 bits per heavy atom. The first kappa shape index (κ1) is 19.0. The summed E-state index contributed by atoms with van der Waals surface area (Å²) in [5.74, 6) is 2.17. The van der Waals surface area contributed by atoms with E-state index in [0.29, 0.717) is 5.82 Å². The fourth-order valence-corrected chi connectivity index (χ4v) is 3.35. The summed E-state index contributed by atoms with van der Waals surface area (Å²) in [4.78, 5) is 11.1. The molecule has 0 unspecified atom stereocenters. The Labute approximate surface area is 170 Å². The standard InChI is InChI=1S/C22H25N5O2/c1-16-7-8-20(28-2)18(13-16)26-22-14-21(23-15-24-22)25-17-5-3-4-6-19(17)27-9-11-29-12-10-27/h3-8,13-15H,9-12H2,1-2H3,(H2,23,24,25,26). The maximum Gasteiger partial charge on any atom is 0.142 e. The SMILES string of the molecule is COc1ccc(C)cc1Nc1cc(Nc2ccccc2N2CCOCC2)ncn1. The van der Waals surface area contributed by atoms with Crippen LogP contribution in [0.2, 0.25) is 0 Å². The molecule has 2 aromatic carbocycles. The van der Waals surface area contributed by atoms with Gasteiger partial charge in [-0.15, -0.1) is 0 Å². The molecule has 150 valence electrons. The first-order valence-corrected chi connectivity index (χ1v) is 9.65. The zero-order valence-corrected chi connectivity index (χ0v) is 16.7. The number of aryl methyl sites for hydroxylation is 1. The van der Waals surface area contributed by atoms with Gasteiger partial charge in [0.15, 0.2) is 0 Å². The lowest BCUT2D eigenvalue weighted by Gasteiger charge is -2.30. The molecule has 2 N–H and O–H groups in total. The number of nitrogens with one attached hydrogen (secondary N) is 2. The molecule has 0 bridgehead atoms. The minimum Gasteiger partial charge on any atom is -0.495 e. The van der Waals surface area contributed by atoms with Crippen molar-refractivity contribution in [2.45, 2.75) is 6.92 Å². The fourth-order valence-electron chi connectivity index (χ4n) is 3.35. The summed E-state index contributed by atoms with van der Waals surface area (Å²) in [6.45, 7) is 5.29. The Morgan fingerprint density at radius 2 is 1.66 bits per heavy atom. The molecule has 7 heteroatoms. The van der Waals surface area contributed by atoms with Crippen LogP contribution in [0.15, 0.2) is 54.9 Å². The third-order valence-corrected chi connectivity index (χ3v) is 4.80. The molecule has 2 heterocycles. The summed E-state index contributed by atoms with van der Waals surface area (Å²) < 4.78 is 10.9. The molecular formula is C22H25N5O2. The van der Waals surface area contributed by atoms with Gasteiger partial charge in [-0.1, -0.05) is 18.2 Å². The first-order chi connectivity index (χ1) is 14.2. The van der Waals surface area contributed by atoms with Gasteiger partial charge in [-0.3, -0.25) is 0 Å². The normalized spacial score (nSPS) is 13.8. The zero-order valence-electron chi connectivity index (χ0n) is 16.7. The monoisotopic (exact) mass is 391 g/mol. The molecule has 4 rings (SSSR count). The van der Waals surface area contributed by atoms with Crippen LogP contribution in [0.4, 0.5) is 28.7 Å². The van der Waals surface area contributed by atoms with Crippen molar-refractivity contribution in [2.75, 3.05) is 48.9 Å². The Bertz CT molecular complexity index is 973. The van der Waals surface area contributed by atoms with Crippen molar-refractivity contribution in [3.63, 3.8) is 0 Å². The van der Waals surface area contributed by atoms with Gasteiger partial charge in [0.2, 0.25) is 0 Å². The average molecular weight is 391 g/mol. The highest BCUT2D eigenvalue weighted by atomic mass is 16.5. The van der Waals surface area contributed by atoms with E-state index >= 15 is 0 Å². The van der Waals surface area contributed by atoms with Gasteiger partial charge >= 0.3 is 0 Å². The minimum absolute atomic E-state index is 0.690. The predicted octanol–water partition coefficient (Wildman–Crippen LogP) is 4.12. The Morgan fingerprint density at radius 3 is 2.41 bits per heavy atom. The number of nitrogens with zero attached hydrogens (tertiary/aromatic N) is 3. The Hall–Kier alpha value is -3.32. The lowest BCUT2D eigenvalue weighted by atomic mass is 10.2. The Balaban J connectivity index is 1.55. The molecule has 29 heavy (non-hydrogen) atoms. The number of ether oxygens (including phenoxy) is 2. The molecule has 1 fully saturated rings. The highest BCUT2D eigenvalue weighted by Gasteiger charge is 2.15. The summed E-state index contributed by atoms with van der Waals surface area (Å²) in [6, 6.07) is 16.1. The van der Waals surface area contributed by atoms with Crippen LogP contribution < -0.4 is 20.3 Å². The van der Waals surface area contributed by atoms with Crippen LogP contribution in [0.25, 0.3) is 0 Å². The van der Waals surface area contributed by atoms with Crippen LogP contribution in [0, 0.1) is 6.92 Å². The van der Waals surface area contributed by atoms with E-state index in [1.165, 1.54) is 0 Å². The second kappa shape index (κ2) is 8.79. The lowest BCUT2D eigenvalue weighted by Crippen LogP contribution is -2.36. The lowest BCUT2D eigenvalue weighted by molar-refractivity contribution is 0.123. The van der Waals surface area contributed by atoms with E-state index in [2.05, 4.69) is 37.6 Å². The molecule has 1 aliphatic rings.